The molecular weight excluding hydrogens is 547 g/mol. The maximum Gasteiger partial charge on any atom is 0.174 e. The summed E-state index contributed by atoms with van der Waals surface area (Å²) in [6, 6.07) is 21.5. The first-order valence-electron chi connectivity index (χ1n) is 13.3. The highest BCUT2D eigenvalue weighted by Crippen LogP contribution is 2.45. The van der Waals surface area contributed by atoms with Gasteiger partial charge in [0.2, 0.25) is 0 Å². The zero-order valence-corrected chi connectivity index (χ0v) is 24.2. The lowest BCUT2D eigenvalue weighted by Gasteiger charge is -2.33. The molecule has 2 aliphatic heterocycles. The minimum absolute atomic E-state index is 0.208. The van der Waals surface area contributed by atoms with Crippen LogP contribution >= 0.6 is 35.4 Å². The van der Waals surface area contributed by atoms with Gasteiger partial charge in [-0.1, -0.05) is 48.3 Å². The second-order valence-electron chi connectivity index (χ2n) is 10.4. The fourth-order valence-corrected chi connectivity index (χ4v) is 6.42. The number of piperidine rings is 1. The summed E-state index contributed by atoms with van der Waals surface area (Å²) in [5, 5.41) is 5.53. The van der Waals surface area contributed by atoms with Gasteiger partial charge in [-0.05, 0) is 92.0 Å². The van der Waals surface area contributed by atoms with Crippen LogP contribution in [0.15, 0.2) is 77.3 Å². The van der Waals surface area contributed by atoms with Gasteiger partial charge in [-0.15, -0.1) is 0 Å². The van der Waals surface area contributed by atoms with E-state index in [-0.39, 0.29) is 12.1 Å². The first-order valence-corrected chi connectivity index (χ1v) is 14.5. The van der Waals surface area contributed by atoms with Gasteiger partial charge in [0.25, 0.3) is 0 Å². The van der Waals surface area contributed by atoms with Crippen molar-refractivity contribution in [3.63, 3.8) is 0 Å². The molecule has 6 rings (SSSR count). The van der Waals surface area contributed by atoms with Crippen LogP contribution in [-0.4, -0.2) is 23.2 Å². The molecule has 2 fully saturated rings. The van der Waals surface area contributed by atoms with Crippen LogP contribution in [0.3, 0.4) is 0 Å². The molecule has 0 bridgehead atoms. The van der Waals surface area contributed by atoms with Crippen LogP contribution < -0.4 is 15.1 Å². The van der Waals surface area contributed by atoms with Crippen molar-refractivity contribution in [2.24, 2.45) is 5.92 Å². The molecule has 200 valence electrons. The predicted octanol–water partition coefficient (Wildman–Crippen LogP) is 8.37. The Balaban J connectivity index is 1.39. The molecule has 0 amide bonds. The molecule has 2 unspecified atom stereocenters. The summed E-state index contributed by atoms with van der Waals surface area (Å²) in [6.07, 6.45) is 4.16. The molecule has 4 heterocycles. The number of thiocarbonyl (C=S) groups is 1. The molecular formula is C31H30Cl2N4OS. The molecule has 8 heteroatoms. The zero-order chi connectivity index (χ0) is 27.1. The summed E-state index contributed by atoms with van der Waals surface area (Å²) in [7, 11) is 0. The van der Waals surface area contributed by atoms with Crippen LogP contribution in [0.5, 0.6) is 0 Å². The molecule has 5 nitrogen and oxygen atoms in total. The molecule has 2 saturated heterocycles. The average molecular weight is 578 g/mol. The van der Waals surface area contributed by atoms with Crippen LogP contribution in [0, 0.1) is 12.8 Å². The Hall–Kier alpha value is -3.06. The number of furan rings is 1. The Morgan fingerprint density at radius 2 is 1.79 bits per heavy atom. The Bertz CT molecular complexity index is 1500. The highest BCUT2D eigenvalue weighted by Gasteiger charge is 2.43. The van der Waals surface area contributed by atoms with E-state index in [9.17, 15) is 0 Å². The monoisotopic (exact) mass is 576 g/mol. The minimum Gasteiger partial charge on any atom is -0.459 e. The third-order valence-corrected chi connectivity index (χ3v) is 8.91. The molecule has 1 N–H and O–H groups in total. The number of hydrogen-bond acceptors (Lipinski definition) is 4. The number of nitrogens with zero attached hydrogens (tertiary/aromatic N) is 3. The lowest BCUT2D eigenvalue weighted by Crippen LogP contribution is -2.33. The summed E-state index contributed by atoms with van der Waals surface area (Å²) >= 11 is 19.2. The Kier molecular flexibility index (Phi) is 7.27. The van der Waals surface area contributed by atoms with Gasteiger partial charge >= 0.3 is 0 Å². The first kappa shape index (κ1) is 26.2. The summed E-state index contributed by atoms with van der Waals surface area (Å²) in [5.41, 5.74) is 4.81. The maximum absolute atomic E-state index is 6.91. The predicted molar refractivity (Wildman–Crippen MR) is 164 cm³/mol. The second kappa shape index (κ2) is 10.8. The highest BCUT2D eigenvalue weighted by atomic mass is 35.5. The molecule has 4 aromatic rings. The molecule has 2 aliphatic rings. The Morgan fingerprint density at radius 1 is 0.974 bits per heavy atom. The number of rotatable bonds is 5. The van der Waals surface area contributed by atoms with E-state index in [2.05, 4.69) is 39.2 Å². The summed E-state index contributed by atoms with van der Waals surface area (Å²) in [5.74, 6) is 2.29. The fraction of sp³-hybridized carbons (Fsp3) is 0.290. The van der Waals surface area contributed by atoms with Crippen molar-refractivity contribution >= 4 is 51.9 Å². The van der Waals surface area contributed by atoms with Crippen LogP contribution in [0.2, 0.25) is 10.0 Å². The van der Waals surface area contributed by atoms with E-state index in [1.54, 1.807) is 6.20 Å². The summed E-state index contributed by atoms with van der Waals surface area (Å²) in [4.78, 5) is 9.12. The second-order valence-corrected chi connectivity index (χ2v) is 11.6. The summed E-state index contributed by atoms with van der Waals surface area (Å²) < 4.78 is 6.53. The number of halogens is 2. The van der Waals surface area contributed by atoms with E-state index in [0.29, 0.717) is 10.1 Å². The van der Waals surface area contributed by atoms with E-state index < -0.39 is 0 Å². The molecule has 2 atom stereocenters. The topological polar surface area (TPSA) is 44.5 Å². The lowest BCUT2D eigenvalue weighted by atomic mass is 9.98. The number of anilines is 2. The van der Waals surface area contributed by atoms with Crippen LogP contribution in [-0.2, 0) is 0 Å². The van der Waals surface area contributed by atoms with E-state index in [4.69, 9.17) is 39.8 Å². The Labute approximate surface area is 244 Å². The van der Waals surface area contributed by atoms with Crippen LogP contribution in [0.25, 0.3) is 11.3 Å². The third kappa shape index (κ3) is 5.02. The van der Waals surface area contributed by atoms with Crippen molar-refractivity contribution < 1.29 is 4.42 Å². The molecule has 2 aromatic heterocycles. The SMILES string of the molecule is Cc1c(Cl)cccc1-c1ccc(C2C(c3ccccn3)NC(=S)N2c2ccc(N3CCC(C)CC3)c(Cl)c2)o1. The molecule has 0 aliphatic carbocycles. The van der Waals surface area contributed by atoms with Crippen molar-refractivity contribution in [2.75, 3.05) is 22.9 Å². The number of benzene rings is 2. The molecule has 0 radical (unpaired) electrons. The van der Waals surface area contributed by atoms with Crippen LogP contribution in [0.1, 0.15) is 48.9 Å². The van der Waals surface area contributed by atoms with Crippen molar-refractivity contribution in [3.8, 4) is 11.3 Å². The van der Waals surface area contributed by atoms with Gasteiger partial charge in [-0.3, -0.25) is 4.98 Å². The van der Waals surface area contributed by atoms with Gasteiger partial charge in [0.15, 0.2) is 5.11 Å². The Morgan fingerprint density at radius 3 is 2.54 bits per heavy atom. The van der Waals surface area contributed by atoms with Gasteiger partial charge in [0.05, 0.1) is 22.4 Å². The largest absolute Gasteiger partial charge is 0.459 e. The van der Waals surface area contributed by atoms with Gasteiger partial charge in [-0.2, -0.15) is 0 Å². The molecule has 39 heavy (non-hydrogen) atoms. The average Bonchev–Trinajstić information content (AvgIpc) is 3.56. The number of pyridine rings is 1. The lowest BCUT2D eigenvalue weighted by molar-refractivity contribution is 0.438. The minimum atomic E-state index is -0.265. The van der Waals surface area contributed by atoms with Crippen molar-refractivity contribution in [1.29, 1.82) is 0 Å². The highest BCUT2D eigenvalue weighted by molar-refractivity contribution is 7.80. The number of hydrogen-bond donors (Lipinski definition) is 1. The van der Waals surface area contributed by atoms with Gasteiger partial charge in [-0.25, -0.2) is 0 Å². The van der Waals surface area contributed by atoms with Gasteiger partial charge in [0.1, 0.15) is 17.6 Å². The zero-order valence-electron chi connectivity index (χ0n) is 21.9. The number of aromatic nitrogens is 1. The van der Waals surface area contributed by atoms with Crippen LogP contribution in [0.4, 0.5) is 11.4 Å². The summed E-state index contributed by atoms with van der Waals surface area (Å²) in [6.45, 7) is 6.36. The number of nitrogens with one attached hydrogen (secondary N) is 1. The molecule has 0 saturated carbocycles. The maximum atomic E-state index is 6.91. The van der Waals surface area contributed by atoms with Gasteiger partial charge < -0.3 is 19.5 Å². The normalized spacial score (nSPS) is 19.9. The van der Waals surface area contributed by atoms with Crippen molar-refractivity contribution in [2.45, 2.75) is 38.8 Å². The van der Waals surface area contributed by atoms with E-state index in [1.807, 2.05) is 61.5 Å². The van der Waals surface area contributed by atoms with E-state index >= 15 is 0 Å². The van der Waals surface area contributed by atoms with E-state index in [0.717, 1.165) is 63.7 Å². The first-order chi connectivity index (χ1) is 18.9. The molecule has 0 spiro atoms. The quantitative estimate of drug-likeness (QED) is 0.241. The van der Waals surface area contributed by atoms with Gasteiger partial charge in [0, 0.05) is 35.6 Å². The van der Waals surface area contributed by atoms with E-state index in [1.165, 1.54) is 12.8 Å². The standard InChI is InChI=1S/C31H30Cl2N4OS/c1-19-13-16-36(17-14-19)26-10-9-21(18-24(26)33)37-30(29(35-31(37)39)25-8-3-4-15-34-25)28-12-11-27(38-28)22-6-5-7-23(32)20(22)2/h3-12,15,18-19,29-30H,13-14,16-17H2,1-2H3,(H,35,39). The molecule has 2 aromatic carbocycles. The van der Waals surface area contributed by atoms with Crippen molar-refractivity contribution in [3.05, 3.63) is 100.0 Å². The fourth-order valence-electron chi connectivity index (χ4n) is 5.60. The van der Waals surface area contributed by atoms with Crippen molar-refractivity contribution in [1.82, 2.24) is 10.3 Å². The third-order valence-electron chi connectivity index (χ3n) is 7.88. The smallest absolute Gasteiger partial charge is 0.174 e.